The van der Waals surface area contributed by atoms with Gasteiger partial charge in [-0.1, -0.05) is 133 Å². The molecule has 1 aromatic heterocycles. The lowest BCUT2D eigenvalue weighted by Crippen LogP contribution is -2.23. The molecule has 4 N–H and O–H groups in total. The van der Waals surface area contributed by atoms with E-state index in [1.807, 2.05) is 121 Å². The third-order valence-electron chi connectivity index (χ3n) is 9.68. The van der Waals surface area contributed by atoms with Gasteiger partial charge in [-0.25, -0.2) is 9.13 Å². The number of ether oxygens (including phenoxy) is 1. The van der Waals surface area contributed by atoms with Crippen LogP contribution in [0.3, 0.4) is 0 Å². The predicted octanol–water partition coefficient (Wildman–Crippen LogP) is 11.8. The number of anilines is 3. The van der Waals surface area contributed by atoms with Crippen LogP contribution in [-0.2, 0) is 58.4 Å². The Morgan fingerprint density at radius 1 is 0.464 bits per heavy atom. The SMILES string of the molecule is NC(=O)CNc1nc(Nc2ccc(OP(=O)(OCc3ccccc3)OCc3ccccc3)cc2)nc(-c2cccc(Oc3ccc(OP(=O)(OCc4ccccc4)OCc4ccccc4)cc3)c2)n1. The first kappa shape index (κ1) is 47.8. The van der Waals surface area contributed by atoms with Crippen LogP contribution in [0.4, 0.5) is 17.6 Å². The Morgan fingerprint density at radius 2 is 0.884 bits per heavy atom. The van der Waals surface area contributed by atoms with E-state index in [9.17, 15) is 13.9 Å². The quantitative estimate of drug-likeness (QED) is 0.0482. The zero-order chi connectivity index (χ0) is 47.7. The molecule has 8 aromatic rings. The van der Waals surface area contributed by atoms with Gasteiger partial charge in [-0.3, -0.25) is 22.9 Å². The van der Waals surface area contributed by atoms with Gasteiger partial charge < -0.3 is 30.2 Å². The van der Waals surface area contributed by atoms with E-state index in [2.05, 4.69) is 25.6 Å². The van der Waals surface area contributed by atoms with Gasteiger partial charge in [-0.05, 0) is 82.9 Å². The molecule has 0 unspecified atom stereocenters. The molecule has 0 spiro atoms. The number of hydrogen-bond donors (Lipinski definition) is 3. The predicted molar refractivity (Wildman–Crippen MR) is 261 cm³/mol. The maximum absolute atomic E-state index is 13.9. The molecule has 0 fully saturated rings. The number of carbonyl (C=O) groups is 1. The maximum atomic E-state index is 13.9. The van der Waals surface area contributed by atoms with Gasteiger partial charge in [0.25, 0.3) is 0 Å². The number of carbonyl (C=O) groups excluding carboxylic acids is 1. The first-order valence-corrected chi connectivity index (χ1v) is 24.4. The van der Waals surface area contributed by atoms with Crippen molar-refractivity contribution in [2.45, 2.75) is 26.4 Å². The Bertz CT molecular complexity index is 2900. The summed E-state index contributed by atoms with van der Waals surface area (Å²) in [6.07, 6.45) is 0. The second kappa shape index (κ2) is 23.4. The Kier molecular flexibility index (Phi) is 16.2. The topological polar surface area (TPSA) is 205 Å². The highest BCUT2D eigenvalue weighted by Gasteiger charge is 2.30. The Hall–Kier alpha value is -7.68. The van der Waals surface area contributed by atoms with Crippen molar-refractivity contribution in [1.82, 2.24) is 15.0 Å². The largest absolute Gasteiger partial charge is 0.530 e. The normalized spacial score (nSPS) is 11.4. The number of amides is 1. The molecule has 350 valence electrons. The van der Waals surface area contributed by atoms with Gasteiger partial charge in [-0.2, -0.15) is 15.0 Å². The van der Waals surface area contributed by atoms with Gasteiger partial charge >= 0.3 is 15.6 Å². The summed E-state index contributed by atoms with van der Waals surface area (Å²) >= 11 is 0. The molecule has 69 heavy (non-hydrogen) atoms. The average molecular weight is 965 g/mol. The van der Waals surface area contributed by atoms with Crippen molar-refractivity contribution in [3.63, 3.8) is 0 Å². The molecule has 0 aliphatic heterocycles. The molecule has 16 nitrogen and oxygen atoms in total. The zero-order valence-electron chi connectivity index (χ0n) is 36.9. The van der Waals surface area contributed by atoms with Crippen molar-refractivity contribution in [1.29, 1.82) is 0 Å². The van der Waals surface area contributed by atoms with E-state index in [0.717, 1.165) is 22.3 Å². The lowest BCUT2D eigenvalue weighted by Gasteiger charge is -2.19. The summed E-state index contributed by atoms with van der Waals surface area (Å²) in [5.74, 6) is 1.18. The number of aromatic nitrogens is 3. The third-order valence-corrected chi connectivity index (χ3v) is 12.3. The molecule has 0 aliphatic carbocycles. The fraction of sp³-hybridized carbons (Fsp3) is 0.0980. The first-order chi connectivity index (χ1) is 33.6. The highest BCUT2D eigenvalue weighted by molar-refractivity contribution is 7.49. The van der Waals surface area contributed by atoms with Crippen LogP contribution in [0, 0.1) is 0 Å². The first-order valence-electron chi connectivity index (χ1n) is 21.5. The summed E-state index contributed by atoms with van der Waals surface area (Å²) in [6, 6.07) is 57.3. The molecule has 0 atom stereocenters. The van der Waals surface area contributed by atoms with Crippen LogP contribution in [0.2, 0.25) is 0 Å². The number of nitrogens with two attached hydrogens (primary N) is 1. The molecule has 7 aromatic carbocycles. The van der Waals surface area contributed by atoms with E-state index in [-0.39, 0.29) is 62.2 Å². The number of hydrogen-bond acceptors (Lipinski definition) is 15. The molecule has 0 radical (unpaired) electrons. The number of phosphoric acid groups is 2. The summed E-state index contributed by atoms with van der Waals surface area (Å²) in [7, 11) is -8.20. The van der Waals surface area contributed by atoms with E-state index in [1.165, 1.54) is 0 Å². The van der Waals surface area contributed by atoms with Gasteiger partial charge in [0.05, 0.1) is 33.0 Å². The number of nitrogens with zero attached hydrogens (tertiary/aromatic N) is 3. The molecule has 18 heteroatoms. The summed E-state index contributed by atoms with van der Waals surface area (Å²) in [6.45, 7) is -0.204. The van der Waals surface area contributed by atoms with E-state index in [1.54, 1.807) is 72.8 Å². The zero-order valence-corrected chi connectivity index (χ0v) is 38.7. The van der Waals surface area contributed by atoms with Gasteiger partial charge in [0.15, 0.2) is 5.82 Å². The molecule has 0 saturated carbocycles. The second-order valence-electron chi connectivity index (χ2n) is 15.0. The van der Waals surface area contributed by atoms with Crippen LogP contribution in [0.1, 0.15) is 22.3 Å². The van der Waals surface area contributed by atoms with Crippen molar-refractivity contribution in [2.24, 2.45) is 5.73 Å². The highest BCUT2D eigenvalue weighted by atomic mass is 31.2. The second-order valence-corrected chi connectivity index (χ2v) is 18.2. The Balaban J connectivity index is 0.946. The Morgan fingerprint density at radius 3 is 1.33 bits per heavy atom. The lowest BCUT2D eigenvalue weighted by atomic mass is 10.2. The smallest absolute Gasteiger partial charge is 0.457 e. The molecule has 1 heterocycles. The van der Waals surface area contributed by atoms with Crippen LogP contribution >= 0.6 is 15.6 Å². The number of nitrogens with one attached hydrogen (secondary N) is 2. The minimum atomic E-state index is -4.11. The van der Waals surface area contributed by atoms with Gasteiger partial charge in [0.2, 0.25) is 17.8 Å². The fourth-order valence-corrected chi connectivity index (χ4v) is 8.64. The molecule has 1 amide bonds. The van der Waals surface area contributed by atoms with Gasteiger partial charge in [0, 0.05) is 11.3 Å². The molecular weight excluding hydrogens is 919 g/mol. The summed E-state index contributed by atoms with van der Waals surface area (Å²) < 4.78 is 68.9. The van der Waals surface area contributed by atoms with Crippen LogP contribution in [0.25, 0.3) is 11.4 Å². The van der Waals surface area contributed by atoms with Crippen LogP contribution in [0.15, 0.2) is 194 Å². The number of phosphoric ester groups is 2. The number of rotatable bonds is 24. The van der Waals surface area contributed by atoms with Crippen molar-refractivity contribution in [2.75, 3.05) is 17.2 Å². The van der Waals surface area contributed by atoms with Crippen LogP contribution in [0.5, 0.6) is 23.0 Å². The standard InChI is InChI=1S/C51H46N6O10P2/c52-48(58)33-53-50-55-49(56-51(57-50)54-43-24-26-45(27-25-43)66-68(59,61-34-38-14-5-1-6-15-38)62-35-39-16-7-2-8-17-39)42-22-13-23-47(32-42)65-44-28-30-46(31-29-44)67-69(60,63-36-40-18-9-3-10-19-40)64-37-41-20-11-4-12-21-41/h1-32H,33-37H2,(H2,52,58)(H2,53,54,55,56,57). The van der Waals surface area contributed by atoms with Crippen molar-refractivity contribution >= 4 is 39.1 Å². The highest BCUT2D eigenvalue weighted by Crippen LogP contribution is 2.52. The summed E-state index contributed by atoms with van der Waals surface area (Å²) in [4.78, 5) is 25.3. The Labute approximate surface area is 398 Å². The number of primary amides is 1. The third kappa shape index (κ3) is 14.9. The molecule has 0 aliphatic rings. The van der Waals surface area contributed by atoms with E-state index >= 15 is 0 Å². The average Bonchev–Trinajstić information content (AvgIpc) is 3.38. The fourth-order valence-electron chi connectivity index (χ4n) is 6.29. The van der Waals surface area contributed by atoms with E-state index in [0.29, 0.717) is 22.7 Å². The monoisotopic (exact) mass is 964 g/mol. The van der Waals surface area contributed by atoms with Crippen LogP contribution in [-0.4, -0.2) is 27.4 Å². The summed E-state index contributed by atoms with van der Waals surface area (Å²) in [5, 5.41) is 5.98. The molecule has 0 bridgehead atoms. The minimum Gasteiger partial charge on any atom is -0.457 e. The lowest BCUT2D eigenvalue weighted by molar-refractivity contribution is -0.116. The number of benzene rings is 7. The van der Waals surface area contributed by atoms with Gasteiger partial charge in [0.1, 0.15) is 23.0 Å². The van der Waals surface area contributed by atoms with Crippen molar-refractivity contribution in [3.8, 4) is 34.4 Å². The molecule has 8 rings (SSSR count). The van der Waals surface area contributed by atoms with E-state index in [4.69, 9.17) is 37.6 Å². The van der Waals surface area contributed by atoms with Crippen molar-refractivity contribution < 1.29 is 45.8 Å². The maximum Gasteiger partial charge on any atom is 0.530 e. The van der Waals surface area contributed by atoms with Gasteiger partial charge in [-0.15, -0.1) is 0 Å². The minimum absolute atomic E-state index is 0.00170. The molecule has 0 saturated heterocycles. The molecular formula is C51H46N6O10P2. The van der Waals surface area contributed by atoms with E-state index < -0.39 is 21.6 Å². The van der Waals surface area contributed by atoms with Crippen LogP contribution < -0.4 is 30.2 Å². The summed E-state index contributed by atoms with van der Waals surface area (Å²) in [5.41, 5.74) is 9.71. The van der Waals surface area contributed by atoms with Crippen molar-refractivity contribution in [3.05, 3.63) is 216 Å².